The third-order valence-corrected chi connectivity index (χ3v) is 4.30. The van der Waals surface area contributed by atoms with E-state index < -0.39 is 0 Å². The van der Waals surface area contributed by atoms with Crippen molar-refractivity contribution in [3.8, 4) is 5.75 Å². The van der Waals surface area contributed by atoms with Gasteiger partial charge in [-0.15, -0.1) is 0 Å². The van der Waals surface area contributed by atoms with E-state index >= 15 is 0 Å². The van der Waals surface area contributed by atoms with Crippen LogP contribution in [0.25, 0.3) is 0 Å². The van der Waals surface area contributed by atoms with Crippen molar-refractivity contribution in [3.05, 3.63) is 53.0 Å². The number of fused-ring (bicyclic) bond motifs is 1. The molecule has 0 fully saturated rings. The first-order valence-corrected chi connectivity index (χ1v) is 7.11. The summed E-state index contributed by atoms with van der Waals surface area (Å²) in [7, 11) is 0. The summed E-state index contributed by atoms with van der Waals surface area (Å²) in [5, 5.41) is 0. The molecule has 1 aromatic heterocycles. The molecule has 2 heterocycles. The van der Waals surface area contributed by atoms with E-state index in [1.165, 1.54) is 16.7 Å². The lowest BCUT2D eigenvalue weighted by molar-refractivity contribution is 0.288. The van der Waals surface area contributed by atoms with Crippen LogP contribution >= 0.6 is 15.9 Å². The summed E-state index contributed by atoms with van der Waals surface area (Å²) in [6, 6.07) is 8.38. The first kappa shape index (κ1) is 11.8. The van der Waals surface area contributed by atoms with Crippen molar-refractivity contribution in [2.24, 2.45) is 0 Å². The predicted molar refractivity (Wildman–Crippen MR) is 74.5 cm³/mol. The van der Waals surface area contributed by atoms with Gasteiger partial charge in [0, 0.05) is 0 Å². The maximum Gasteiger partial charge on any atom is 0.124 e. The highest BCUT2D eigenvalue weighted by atomic mass is 79.9. The smallest absolute Gasteiger partial charge is 0.124 e. The molecule has 18 heavy (non-hydrogen) atoms. The zero-order valence-corrected chi connectivity index (χ0v) is 11.9. The second-order valence-electron chi connectivity index (χ2n) is 4.65. The summed E-state index contributed by atoms with van der Waals surface area (Å²) in [5.74, 6) is 2.01. The first-order chi connectivity index (χ1) is 8.75. The Morgan fingerprint density at radius 1 is 1.28 bits per heavy atom. The maximum absolute atomic E-state index is 5.63. The zero-order valence-electron chi connectivity index (χ0n) is 10.3. The van der Waals surface area contributed by atoms with Crippen LogP contribution in [0.5, 0.6) is 5.75 Å². The fourth-order valence-corrected chi connectivity index (χ4v) is 3.09. The van der Waals surface area contributed by atoms with Crippen LogP contribution in [0.4, 0.5) is 0 Å². The fraction of sp³-hybridized carbons (Fsp3) is 0.333. The number of benzene rings is 1. The van der Waals surface area contributed by atoms with Gasteiger partial charge in [-0.2, -0.15) is 0 Å². The average molecular weight is 307 g/mol. The number of hydrogen-bond donors (Lipinski definition) is 0. The molecular weight excluding hydrogens is 292 g/mol. The molecule has 2 aromatic rings. The van der Waals surface area contributed by atoms with E-state index in [1.807, 2.05) is 6.07 Å². The van der Waals surface area contributed by atoms with Gasteiger partial charge in [0.2, 0.25) is 0 Å². The molecule has 0 saturated heterocycles. The third-order valence-electron chi connectivity index (χ3n) is 3.36. The minimum absolute atomic E-state index is 0.111. The van der Waals surface area contributed by atoms with Crippen LogP contribution in [-0.2, 0) is 6.42 Å². The molecule has 0 aliphatic carbocycles. The molecule has 1 aliphatic rings. The Morgan fingerprint density at radius 3 is 2.94 bits per heavy atom. The highest BCUT2D eigenvalue weighted by Gasteiger charge is 2.18. The van der Waals surface area contributed by atoms with Crippen molar-refractivity contribution in [2.45, 2.75) is 24.6 Å². The predicted octanol–water partition coefficient (Wildman–Crippen LogP) is 4.40. The van der Waals surface area contributed by atoms with Gasteiger partial charge < -0.3 is 9.15 Å². The van der Waals surface area contributed by atoms with Crippen molar-refractivity contribution in [1.82, 2.24) is 0 Å². The number of rotatable bonds is 2. The summed E-state index contributed by atoms with van der Waals surface area (Å²) >= 11 is 3.72. The van der Waals surface area contributed by atoms with Gasteiger partial charge in [-0.05, 0) is 48.6 Å². The van der Waals surface area contributed by atoms with Crippen LogP contribution in [-0.4, -0.2) is 6.61 Å². The Hall–Kier alpha value is -1.22. The van der Waals surface area contributed by atoms with Gasteiger partial charge in [0.25, 0.3) is 0 Å². The highest BCUT2D eigenvalue weighted by molar-refractivity contribution is 9.09. The van der Waals surface area contributed by atoms with Crippen LogP contribution in [0, 0.1) is 6.92 Å². The Labute approximate surface area is 115 Å². The number of ether oxygens (including phenoxy) is 1. The monoisotopic (exact) mass is 306 g/mol. The molecule has 1 atom stereocenters. The molecule has 3 rings (SSSR count). The molecular formula is C15H15BrO2. The third kappa shape index (κ3) is 2.07. The Bertz CT molecular complexity index is 559. The van der Waals surface area contributed by atoms with Crippen LogP contribution in [0.2, 0.25) is 0 Å². The normalized spacial score (nSPS) is 15.9. The van der Waals surface area contributed by atoms with Gasteiger partial charge >= 0.3 is 0 Å². The van der Waals surface area contributed by atoms with Crippen LogP contribution < -0.4 is 4.74 Å². The molecule has 0 radical (unpaired) electrons. The minimum Gasteiger partial charge on any atom is -0.493 e. The summed E-state index contributed by atoms with van der Waals surface area (Å²) < 4.78 is 11.2. The van der Waals surface area contributed by atoms with Crippen molar-refractivity contribution in [3.63, 3.8) is 0 Å². The average Bonchev–Trinajstić information content (AvgIpc) is 2.83. The van der Waals surface area contributed by atoms with Crippen LogP contribution in [0.3, 0.4) is 0 Å². The van der Waals surface area contributed by atoms with E-state index in [0.717, 1.165) is 31.0 Å². The van der Waals surface area contributed by atoms with Crippen molar-refractivity contribution in [2.75, 3.05) is 6.61 Å². The molecule has 1 aliphatic heterocycles. The molecule has 1 aromatic carbocycles. The summed E-state index contributed by atoms with van der Waals surface area (Å²) in [5.41, 5.74) is 3.69. The number of hydrogen-bond acceptors (Lipinski definition) is 2. The second-order valence-corrected chi connectivity index (χ2v) is 5.57. The summed E-state index contributed by atoms with van der Waals surface area (Å²) in [6.07, 6.45) is 3.93. The molecule has 2 nitrogen and oxygen atoms in total. The quantitative estimate of drug-likeness (QED) is 0.767. The molecule has 3 heteroatoms. The van der Waals surface area contributed by atoms with Crippen molar-refractivity contribution in [1.29, 1.82) is 0 Å². The standard InChI is InChI=1S/C15H15BrO2/c1-10-6-8-18-15(10)14(16)12-4-5-13-11(9-12)3-2-7-17-13/h4-6,8-9,14H,2-3,7H2,1H3. The van der Waals surface area contributed by atoms with Gasteiger partial charge in [-0.25, -0.2) is 0 Å². The Balaban J connectivity index is 1.95. The number of halogens is 1. The lowest BCUT2D eigenvalue weighted by atomic mass is 10.0. The van der Waals surface area contributed by atoms with Crippen molar-refractivity contribution >= 4 is 15.9 Å². The van der Waals surface area contributed by atoms with E-state index in [2.05, 4.69) is 41.1 Å². The SMILES string of the molecule is Cc1ccoc1C(Br)c1ccc2c(c1)CCCO2. The maximum atomic E-state index is 5.63. The zero-order chi connectivity index (χ0) is 12.5. The van der Waals surface area contributed by atoms with Crippen molar-refractivity contribution < 1.29 is 9.15 Å². The topological polar surface area (TPSA) is 22.4 Å². The van der Waals surface area contributed by atoms with E-state index in [1.54, 1.807) is 6.26 Å². The van der Waals surface area contributed by atoms with Gasteiger partial charge in [0.05, 0.1) is 17.7 Å². The van der Waals surface area contributed by atoms with E-state index in [9.17, 15) is 0 Å². The molecule has 0 N–H and O–H groups in total. The van der Waals surface area contributed by atoms with E-state index in [4.69, 9.17) is 9.15 Å². The van der Waals surface area contributed by atoms with Crippen LogP contribution in [0.1, 0.15) is 33.7 Å². The minimum atomic E-state index is 0.111. The van der Waals surface area contributed by atoms with E-state index in [0.29, 0.717) is 0 Å². The Kier molecular flexibility index (Phi) is 3.16. The second kappa shape index (κ2) is 4.81. The lowest BCUT2D eigenvalue weighted by Crippen LogP contribution is -2.08. The van der Waals surface area contributed by atoms with Crippen LogP contribution in [0.15, 0.2) is 34.9 Å². The first-order valence-electron chi connectivity index (χ1n) is 6.19. The van der Waals surface area contributed by atoms with E-state index in [-0.39, 0.29) is 4.83 Å². The molecule has 0 saturated carbocycles. The van der Waals surface area contributed by atoms with Gasteiger partial charge in [0.15, 0.2) is 0 Å². The molecule has 94 valence electrons. The van der Waals surface area contributed by atoms with Gasteiger partial charge in [-0.3, -0.25) is 0 Å². The molecule has 1 unspecified atom stereocenters. The largest absolute Gasteiger partial charge is 0.493 e. The van der Waals surface area contributed by atoms with Gasteiger partial charge in [0.1, 0.15) is 11.5 Å². The number of alkyl halides is 1. The molecule has 0 bridgehead atoms. The number of furan rings is 1. The fourth-order valence-electron chi connectivity index (χ4n) is 2.33. The lowest BCUT2D eigenvalue weighted by Gasteiger charge is -2.19. The summed E-state index contributed by atoms with van der Waals surface area (Å²) in [4.78, 5) is 0.111. The number of aryl methyl sites for hydroxylation is 2. The highest BCUT2D eigenvalue weighted by Crippen LogP contribution is 2.36. The summed E-state index contributed by atoms with van der Waals surface area (Å²) in [6.45, 7) is 2.90. The Morgan fingerprint density at radius 2 is 2.17 bits per heavy atom. The molecule has 0 amide bonds. The molecule has 0 spiro atoms. The van der Waals surface area contributed by atoms with Gasteiger partial charge in [-0.1, -0.05) is 28.1 Å².